The van der Waals surface area contributed by atoms with Crippen LogP contribution in [0.4, 0.5) is 0 Å². The highest BCUT2D eigenvalue weighted by atomic mass is 32.2. The first-order chi connectivity index (χ1) is 10.7. The zero-order valence-electron chi connectivity index (χ0n) is 12.0. The first-order valence-corrected chi connectivity index (χ1v) is 8.21. The molecule has 1 saturated heterocycles. The molecule has 0 saturated carbocycles. The average molecular weight is 315 g/mol. The molecule has 2 aromatic carbocycles. The van der Waals surface area contributed by atoms with E-state index in [2.05, 4.69) is 0 Å². The van der Waals surface area contributed by atoms with Crippen molar-refractivity contribution in [1.29, 1.82) is 0 Å². The topological polar surface area (TPSA) is 66.0 Å². The maximum atomic E-state index is 10.9. The van der Waals surface area contributed by atoms with Crippen molar-refractivity contribution in [2.45, 2.75) is 18.0 Å². The minimum Gasteiger partial charge on any atom is -0.544 e. The van der Waals surface area contributed by atoms with Crippen LogP contribution in [0.2, 0.25) is 0 Å². The summed E-state index contributed by atoms with van der Waals surface area (Å²) in [5.41, 5.74) is 2.23. The maximum absolute atomic E-state index is 10.9. The van der Waals surface area contributed by atoms with Gasteiger partial charge < -0.3 is 20.0 Å². The molecule has 1 aliphatic rings. The van der Waals surface area contributed by atoms with Gasteiger partial charge in [0.15, 0.2) is 5.37 Å². The third kappa shape index (κ3) is 3.61. The molecule has 0 unspecified atom stereocenters. The van der Waals surface area contributed by atoms with Gasteiger partial charge >= 0.3 is 0 Å². The summed E-state index contributed by atoms with van der Waals surface area (Å²) in [6, 6.07) is 17.4. The number of carbonyl (C=O) groups excluding carboxylic acids is 1. The number of hydrogen-bond acceptors (Lipinski definition) is 4. The van der Waals surface area contributed by atoms with E-state index in [9.17, 15) is 9.90 Å². The lowest BCUT2D eigenvalue weighted by molar-refractivity contribution is -0.690. The van der Waals surface area contributed by atoms with Crippen molar-refractivity contribution in [3.63, 3.8) is 0 Å². The summed E-state index contributed by atoms with van der Waals surface area (Å²) in [6.45, 7) is 0.539. The molecule has 5 heteroatoms. The summed E-state index contributed by atoms with van der Waals surface area (Å²) in [4.78, 5) is 10.9. The van der Waals surface area contributed by atoms with Gasteiger partial charge in [-0.05, 0) is 29.8 Å². The second-order valence-corrected chi connectivity index (χ2v) is 6.39. The first kappa shape index (κ1) is 14.9. The fourth-order valence-electron chi connectivity index (χ4n) is 2.38. The van der Waals surface area contributed by atoms with E-state index >= 15 is 0 Å². The molecule has 0 amide bonds. The van der Waals surface area contributed by atoms with Crippen molar-refractivity contribution in [2.24, 2.45) is 0 Å². The van der Waals surface area contributed by atoms with Gasteiger partial charge in [0, 0.05) is 5.56 Å². The number of rotatable bonds is 5. The molecule has 114 valence electrons. The molecule has 1 aliphatic heterocycles. The predicted octanol–water partition coefficient (Wildman–Crippen LogP) is 0.693. The molecular weight excluding hydrogens is 298 g/mol. The third-order valence-electron chi connectivity index (χ3n) is 3.62. The molecule has 4 nitrogen and oxygen atoms in total. The van der Waals surface area contributed by atoms with E-state index in [-0.39, 0.29) is 5.37 Å². The third-order valence-corrected chi connectivity index (χ3v) is 4.96. The van der Waals surface area contributed by atoms with E-state index in [4.69, 9.17) is 4.74 Å². The van der Waals surface area contributed by atoms with Gasteiger partial charge in [-0.25, -0.2) is 0 Å². The van der Waals surface area contributed by atoms with Crippen LogP contribution in [0.3, 0.4) is 0 Å². The molecule has 0 aliphatic carbocycles. The average Bonchev–Trinajstić information content (AvgIpc) is 3.05. The van der Waals surface area contributed by atoms with Crippen molar-refractivity contribution < 1.29 is 20.0 Å². The summed E-state index contributed by atoms with van der Waals surface area (Å²) in [5.74, 6) is 0.407. The Morgan fingerprint density at radius 2 is 1.91 bits per heavy atom. The lowest BCUT2D eigenvalue weighted by atomic mass is 10.2. The Bertz CT molecular complexity index is 630. The van der Waals surface area contributed by atoms with Crippen molar-refractivity contribution >= 4 is 17.7 Å². The van der Waals surface area contributed by atoms with E-state index in [1.54, 1.807) is 11.8 Å². The molecule has 22 heavy (non-hydrogen) atoms. The van der Waals surface area contributed by atoms with Crippen LogP contribution >= 0.6 is 11.8 Å². The minimum absolute atomic E-state index is 0.117. The van der Waals surface area contributed by atoms with Crippen LogP contribution in [0.1, 0.15) is 16.5 Å². The number of quaternary nitrogens is 1. The van der Waals surface area contributed by atoms with E-state index in [0.29, 0.717) is 12.4 Å². The van der Waals surface area contributed by atoms with Gasteiger partial charge in [0.1, 0.15) is 24.4 Å². The van der Waals surface area contributed by atoms with Crippen LogP contribution in [-0.4, -0.2) is 17.8 Å². The van der Waals surface area contributed by atoms with Gasteiger partial charge in [-0.1, -0.05) is 42.1 Å². The van der Waals surface area contributed by atoms with Crippen molar-refractivity contribution in [3.8, 4) is 5.75 Å². The number of nitrogens with two attached hydrogens (primary N) is 1. The number of carbonyl (C=O) groups is 1. The highest BCUT2D eigenvalue weighted by Gasteiger charge is 2.30. The standard InChI is InChI=1S/C17H17NO3S/c19-17(20)15-11-22-16(18-15)13-6-8-14(9-7-13)21-10-12-4-2-1-3-5-12/h1-9,15-16,18H,10-11H2,(H,19,20)/t15-,16-/m1/s1. The Morgan fingerprint density at radius 3 is 2.55 bits per heavy atom. The molecular formula is C17H17NO3S. The van der Waals surface area contributed by atoms with E-state index in [1.807, 2.05) is 59.9 Å². The Labute approximate surface area is 133 Å². The molecule has 3 rings (SSSR count). The fourth-order valence-corrected chi connectivity index (χ4v) is 3.69. The zero-order valence-corrected chi connectivity index (χ0v) is 12.8. The summed E-state index contributed by atoms with van der Waals surface area (Å²) >= 11 is 1.63. The zero-order chi connectivity index (χ0) is 15.4. The summed E-state index contributed by atoms with van der Waals surface area (Å²) in [5, 5.41) is 12.8. The molecule has 2 atom stereocenters. The van der Waals surface area contributed by atoms with E-state index in [1.165, 1.54) is 0 Å². The Kier molecular flexibility index (Phi) is 4.65. The second kappa shape index (κ2) is 6.85. The Morgan fingerprint density at radius 1 is 1.18 bits per heavy atom. The van der Waals surface area contributed by atoms with E-state index in [0.717, 1.165) is 16.9 Å². The molecule has 0 spiro atoms. The van der Waals surface area contributed by atoms with Crippen LogP contribution in [0.25, 0.3) is 0 Å². The smallest absolute Gasteiger partial charge is 0.159 e. The minimum atomic E-state index is -0.988. The van der Waals surface area contributed by atoms with Gasteiger partial charge in [-0.15, -0.1) is 0 Å². The predicted molar refractivity (Wildman–Crippen MR) is 83.1 cm³/mol. The van der Waals surface area contributed by atoms with Gasteiger partial charge in [0.25, 0.3) is 0 Å². The molecule has 2 N–H and O–H groups in total. The Balaban J connectivity index is 1.58. The first-order valence-electron chi connectivity index (χ1n) is 7.16. The maximum Gasteiger partial charge on any atom is 0.159 e. The van der Waals surface area contributed by atoms with Crippen LogP contribution in [-0.2, 0) is 11.4 Å². The monoisotopic (exact) mass is 315 g/mol. The number of carboxylic acid groups (broad SMARTS) is 1. The molecule has 2 aromatic rings. The fraction of sp³-hybridized carbons (Fsp3) is 0.235. The van der Waals surface area contributed by atoms with Gasteiger partial charge in [0.2, 0.25) is 0 Å². The van der Waals surface area contributed by atoms with Gasteiger partial charge in [-0.3, -0.25) is 0 Å². The largest absolute Gasteiger partial charge is 0.544 e. The molecule has 0 bridgehead atoms. The number of thioether (sulfide) groups is 1. The summed E-state index contributed by atoms with van der Waals surface area (Å²) in [6.07, 6.45) is 0. The molecule has 1 heterocycles. The lowest BCUT2D eigenvalue weighted by Gasteiger charge is -2.12. The van der Waals surface area contributed by atoms with Crippen LogP contribution in [0.5, 0.6) is 5.75 Å². The number of benzene rings is 2. The normalized spacial score (nSPS) is 20.7. The number of carboxylic acids is 1. The van der Waals surface area contributed by atoms with Crippen LogP contribution < -0.4 is 15.2 Å². The van der Waals surface area contributed by atoms with Crippen molar-refractivity contribution in [1.82, 2.24) is 0 Å². The quantitative estimate of drug-likeness (QED) is 0.882. The van der Waals surface area contributed by atoms with Crippen molar-refractivity contribution in [3.05, 3.63) is 65.7 Å². The summed E-state index contributed by atoms with van der Waals surface area (Å²) < 4.78 is 5.75. The SMILES string of the molecule is O=C([O-])[C@H]1CS[C@H](c2ccc(OCc3ccccc3)cc2)[NH2+]1. The van der Waals surface area contributed by atoms with Gasteiger partial charge in [0.05, 0.1) is 5.75 Å². The Hall–Kier alpha value is -1.98. The van der Waals surface area contributed by atoms with E-state index < -0.39 is 12.0 Å². The van der Waals surface area contributed by atoms with Gasteiger partial charge in [-0.2, -0.15) is 0 Å². The number of ether oxygens (including phenoxy) is 1. The highest BCUT2D eigenvalue weighted by Crippen LogP contribution is 2.28. The number of hydrogen-bond donors (Lipinski definition) is 1. The highest BCUT2D eigenvalue weighted by molar-refractivity contribution is 7.99. The van der Waals surface area contributed by atoms with Crippen LogP contribution in [0.15, 0.2) is 54.6 Å². The molecule has 1 fully saturated rings. The number of aliphatic carboxylic acids is 1. The van der Waals surface area contributed by atoms with Crippen molar-refractivity contribution in [2.75, 3.05) is 5.75 Å². The second-order valence-electron chi connectivity index (χ2n) is 5.22. The molecule has 0 aromatic heterocycles. The lowest BCUT2D eigenvalue weighted by Crippen LogP contribution is -2.90. The van der Waals surface area contributed by atoms with Crippen LogP contribution in [0, 0.1) is 0 Å². The summed E-state index contributed by atoms with van der Waals surface area (Å²) in [7, 11) is 0. The molecule has 0 radical (unpaired) electrons.